The molecule has 1 aromatic carbocycles. The van der Waals surface area contributed by atoms with Crippen molar-refractivity contribution in [3.05, 3.63) is 23.8 Å². The standard InChI is InChI=1S/C29H52N6O6Si/c1-18(2)23(35-27(39)41-28(3,4)5)25(37)34-22(12-11-15-32-26(31)38)24(36)33-20-14-13-19(21(30)16-20)17-40-42(9,10)29(6,7)8/h13-14,16,18,22-23H,11-12,15,17,30H2,1-10H3,(H,33,36)(H,34,37)(H,35,39)(H3,31,32,38)/t22-,23-/m0/s1. The first-order chi connectivity index (χ1) is 19.1. The minimum atomic E-state index is -1.98. The number of anilines is 2. The van der Waals surface area contributed by atoms with Crippen LogP contribution in [-0.2, 0) is 25.4 Å². The lowest BCUT2D eigenvalue weighted by atomic mass is 10.0. The lowest BCUT2D eigenvalue weighted by Crippen LogP contribution is -2.55. The molecule has 5 amide bonds. The molecule has 0 unspecified atom stereocenters. The van der Waals surface area contributed by atoms with Gasteiger partial charge in [0, 0.05) is 17.9 Å². The molecular formula is C29H52N6O6Si. The molecular weight excluding hydrogens is 556 g/mol. The largest absolute Gasteiger partial charge is 0.444 e. The Labute approximate surface area is 251 Å². The van der Waals surface area contributed by atoms with Crippen LogP contribution in [0.3, 0.4) is 0 Å². The van der Waals surface area contributed by atoms with Gasteiger partial charge in [0.1, 0.15) is 17.7 Å². The number of hydrogen-bond acceptors (Lipinski definition) is 7. The number of nitrogens with two attached hydrogens (primary N) is 2. The highest BCUT2D eigenvalue weighted by atomic mass is 28.4. The molecule has 0 saturated carbocycles. The molecule has 0 aliphatic heterocycles. The Kier molecular flexibility index (Phi) is 13.3. The minimum absolute atomic E-state index is 0.0546. The summed E-state index contributed by atoms with van der Waals surface area (Å²) in [7, 11) is -1.98. The van der Waals surface area contributed by atoms with E-state index in [0.717, 1.165) is 5.56 Å². The van der Waals surface area contributed by atoms with Gasteiger partial charge in [-0.15, -0.1) is 0 Å². The second-order valence-electron chi connectivity index (χ2n) is 13.3. The van der Waals surface area contributed by atoms with E-state index in [9.17, 15) is 19.2 Å². The van der Waals surface area contributed by atoms with E-state index >= 15 is 0 Å². The summed E-state index contributed by atoms with van der Waals surface area (Å²) in [6.45, 7) is 20.1. The Hall–Kier alpha value is -3.32. The third-order valence-corrected chi connectivity index (χ3v) is 11.5. The average molecular weight is 609 g/mol. The Bertz CT molecular complexity index is 1100. The fraction of sp³-hybridized carbons (Fsp3) is 0.655. The molecule has 1 rings (SSSR count). The van der Waals surface area contributed by atoms with Crippen LogP contribution in [0.1, 0.15) is 73.8 Å². The first-order valence-corrected chi connectivity index (χ1v) is 17.2. The number of carbonyl (C=O) groups is 4. The normalized spacial score (nSPS) is 13.6. The zero-order valence-electron chi connectivity index (χ0n) is 26.9. The molecule has 0 saturated heterocycles. The number of nitrogen functional groups attached to an aromatic ring is 1. The minimum Gasteiger partial charge on any atom is -0.444 e. The maximum Gasteiger partial charge on any atom is 0.408 e. The van der Waals surface area contributed by atoms with Gasteiger partial charge in [0.25, 0.3) is 0 Å². The van der Waals surface area contributed by atoms with Crippen LogP contribution in [0.25, 0.3) is 0 Å². The molecule has 0 aromatic heterocycles. The number of ether oxygens (including phenoxy) is 1. The Morgan fingerprint density at radius 1 is 0.976 bits per heavy atom. The summed E-state index contributed by atoms with van der Waals surface area (Å²) in [6.07, 6.45) is -0.182. The topological polar surface area (TPSA) is 187 Å². The van der Waals surface area contributed by atoms with Crippen LogP contribution in [0.4, 0.5) is 21.0 Å². The van der Waals surface area contributed by atoms with Gasteiger partial charge in [-0.05, 0) is 75.4 Å². The summed E-state index contributed by atoms with van der Waals surface area (Å²) in [5, 5.41) is 10.7. The number of hydrogen-bond donors (Lipinski definition) is 6. The number of amides is 5. The molecule has 8 N–H and O–H groups in total. The molecule has 2 atom stereocenters. The molecule has 12 nitrogen and oxygen atoms in total. The highest BCUT2D eigenvalue weighted by molar-refractivity contribution is 6.74. The highest BCUT2D eigenvalue weighted by Gasteiger charge is 2.37. The summed E-state index contributed by atoms with van der Waals surface area (Å²) >= 11 is 0. The van der Waals surface area contributed by atoms with Crippen molar-refractivity contribution in [1.29, 1.82) is 0 Å². The molecule has 1 aromatic rings. The quantitative estimate of drug-likeness (QED) is 0.110. The molecule has 0 heterocycles. The predicted octanol–water partition coefficient (Wildman–Crippen LogP) is 4.21. The molecule has 0 bridgehead atoms. The fourth-order valence-corrected chi connectivity index (χ4v) is 4.48. The van der Waals surface area contributed by atoms with Crippen LogP contribution in [0.5, 0.6) is 0 Å². The number of rotatable bonds is 13. The molecule has 238 valence electrons. The molecule has 42 heavy (non-hydrogen) atoms. The van der Waals surface area contributed by atoms with Gasteiger partial charge in [-0.1, -0.05) is 40.7 Å². The van der Waals surface area contributed by atoms with E-state index in [0.29, 0.717) is 24.4 Å². The van der Waals surface area contributed by atoms with Gasteiger partial charge in [0.05, 0.1) is 6.61 Å². The highest BCUT2D eigenvalue weighted by Crippen LogP contribution is 2.37. The third kappa shape index (κ3) is 12.7. The van der Waals surface area contributed by atoms with Crippen LogP contribution >= 0.6 is 0 Å². The maximum atomic E-state index is 13.3. The number of alkyl carbamates (subject to hydrolysis) is 1. The Morgan fingerprint density at radius 3 is 2.10 bits per heavy atom. The van der Waals surface area contributed by atoms with Crippen molar-refractivity contribution < 1.29 is 28.3 Å². The monoisotopic (exact) mass is 608 g/mol. The van der Waals surface area contributed by atoms with Crippen molar-refractivity contribution in [3.63, 3.8) is 0 Å². The second-order valence-corrected chi connectivity index (χ2v) is 18.1. The van der Waals surface area contributed by atoms with E-state index in [4.69, 9.17) is 20.6 Å². The predicted molar refractivity (Wildman–Crippen MR) is 168 cm³/mol. The summed E-state index contributed by atoms with van der Waals surface area (Å²) in [5.41, 5.74) is 12.4. The van der Waals surface area contributed by atoms with Crippen LogP contribution in [-0.4, -0.2) is 56.5 Å². The molecule has 0 aliphatic rings. The fourth-order valence-electron chi connectivity index (χ4n) is 3.53. The van der Waals surface area contributed by atoms with Crippen molar-refractivity contribution >= 4 is 43.6 Å². The summed E-state index contributed by atoms with van der Waals surface area (Å²) < 4.78 is 11.6. The van der Waals surface area contributed by atoms with E-state index in [1.807, 2.05) is 6.07 Å². The first-order valence-electron chi connectivity index (χ1n) is 14.3. The van der Waals surface area contributed by atoms with Gasteiger partial charge < -0.3 is 41.9 Å². The molecule has 0 aliphatic carbocycles. The maximum absolute atomic E-state index is 13.3. The number of carbonyl (C=O) groups excluding carboxylic acids is 4. The average Bonchev–Trinajstić information content (AvgIpc) is 2.81. The number of nitrogens with one attached hydrogen (secondary N) is 4. The number of urea groups is 1. The van der Waals surface area contributed by atoms with Gasteiger partial charge in [-0.25, -0.2) is 9.59 Å². The van der Waals surface area contributed by atoms with Crippen LogP contribution < -0.4 is 32.7 Å². The summed E-state index contributed by atoms with van der Waals surface area (Å²) in [5.74, 6) is -1.32. The van der Waals surface area contributed by atoms with Crippen molar-refractivity contribution in [1.82, 2.24) is 16.0 Å². The Balaban J connectivity index is 3.04. The van der Waals surface area contributed by atoms with E-state index in [2.05, 4.69) is 55.1 Å². The van der Waals surface area contributed by atoms with Crippen molar-refractivity contribution in [2.45, 2.75) is 111 Å². The van der Waals surface area contributed by atoms with Crippen molar-refractivity contribution in [3.8, 4) is 0 Å². The summed E-state index contributed by atoms with van der Waals surface area (Å²) in [4.78, 5) is 50.0. The lowest BCUT2D eigenvalue weighted by molar-refractivity contribution is -0.128. The number of benzene rings is 1. The van der Waals surface area contributed by atoms with Crippen LogP contribution in [0, 0.1) is 5.92 Å². The zero-order valence-corrected chi connectivity index (χ0v) is 27.9. The van der Waals surface area contributed by atoms with Gasteiger partial charge in [0.2, 0.25) is 11.8 Å². The second kappa shape index (κ2) is 15.2. The first kappa shape index (κ1) is 36.7. The zero-order chi connectivity index (χ0) is 32.5. The van der Waals surface area contributed by atoms with Crippen LogP contribution in [0.15, 0.2) is 18.2 Å². The van der Waals surface area contributed by atoms with Gasteiger partial charge in [-0.3, -0.25) is 9.59 Å². The van der Waals surface area contributed by atoms with Crippen molar-refractivity contribution in [2.24, 2.45) is 11.7 Å². The molecule has 0 radical (unpaired) electrons. The van der Waals surface area contributed by atoms with E-state index < -0.39 is 49.9 Å². The smallest absolute Gasteiger partial charge is 0.408 e. The van der Waals surface area contributed by atoms with Crippen LogP contribution in [0.2, 0.25) is 18.1 Å². The van der Waals surface area contributed by atoms with E-state index in [1.54, 1.807) is 46.8 Å². The molecule has 0 fully saturated rings. The SMILES string of the molecule is CC(C)[C@H](NC(=O)OC(C)(C)C)C(=O)N[C@@H](CCCNC(N)=O)C(=O)Nc1ccc(CO[Si](C)(C)C(C)(C)C)c(N)c1. The lowest BCUT2D eigenvalue weighted by Gasteiger charge is -2.36. The molecule has 13 heteroatoms. The summed E-state index contributed by atoms with van der Waals surface area (Å²) in [6, 6.07) is 2.58. The van der Waals surface area contributed by atoms with Gasteiger partial charge in [-0.2, -0.15) is 0 Å². The molecule has 0 spiro atoms. The number of primary amides is 1. The van der Waals surface area contributed by atoms with Gasteiger partial charge in [0.15, 0.2) is 8.32 Å². The third-order valence-electron chi connectivity index (χ3n) is 7.03. The van der Waals surface area contributed by atoms with E-state index in [-0.39, 0.29) is 23.9 Å². The van der Waals surface area contributed by atoms with Gasteiger partial charge >= 0.3 is 12.1 Å². The Morgan fingerprint density at radius 2 is 1.60 bits per heavy atom. The van der Waals surface area contributed by atoms with E-state index in [1.165, 1.54) is 0 Å². The van der Waals surface area contributed by atoms with Crippen molar-refractivity contribution in [2.75, 3.05) is 17.6 Å².